The minimum atomic E-state index is 0.00724. The van der Waals surface area contributed by atoms with Crippen molar-refractivity contribution < 1.29 is 9.53 Å². The largest absolute Gasteiger partial charge is 0.384 e. The number of nitrogens with two attached hydrogens (primary N) is 1. The maximum Gasteiger partial charge on any atom is 0.324 e. The van der Waals surface area contributed by atoms with Gasteiger partial charge in [-0.05, 0) is 63.4 Å². The number of benzene rings is 2. The second kappa shape index (κ2) is 11.7. The summed E-state index contributed by atoms with van der Waals surface area (Å²) in [5.41, 5.74) is 8.29. The lowest BCUT2D eigenvalue weighted by atomic mass is 9.94. The Hall–Kier alpha value is -2.90. The second-order valence-corrected chi connectivity index (χ2v) is 10.2. The maximum absolute atomic E-state index is 13.6. The van der Waals surface area contributed by atoms with Gasteiger partial charge in [-0.1, -0.05) is 42.5 Å². The topological polar surface area (TPSA) is 85.9 Å². The van der Waals surface area contributed by atoms with Gasteiger partial charge in [0, 0.05) is 42.8 Å². The molecule has 7 heteroatoms. The first-order valence-corrected chi connectivity index (χ1v) is 12.8. The molecule has 2 amide bonds. The fourth-order valence-corrected chi connectivity index (χ4v) is 5.15. The van der Waals surface area contributed by atoms with Gasteiger partial charge < -0.3 is 20.3 Å². The highest BCUT2D eigenvalue weighted by Gasteiger charge is 2.35. The van der Waals surface area contributed by atoms with Crippen LogP contribution in [-0.4, -0.2) is 67.0 Å². The summed E-state index contributed by atoms with van der Waals surface area (Å²) in [4.78, 5) is 20.0. The first kappa shape index (κ1) is 25.2. The van der Waals surface area contributed by atoms with E-state index >= 15 is 0 Å². The number of nitrogen functional groups attached to an aromatic ring is 1. The average Bonchev–Trinajstić information content (AvgIpc) is 2.87. The van der Waals surface area contributed by atoms with Gasteiger partial charge in [-0.15, -0.1) is 0 Å². The van der Waals surface area contributed by atoms with Crippen molar-refractivity contribution in [3.05, 3.63) is 65.7 Å². The van der Waals surface area contributed by atoms with Crippen molar-refractivity contribution in [2.45, 2.75) is 39.3 Å². The predicted molar refractivity (Wildman–Crippen MR) is 141 cm³/mol. The number of ether oxygens (including phenoxy) is 1. The molecule has 35 heavy (non-hydrogen) atoms. The van der Waals surface area contributed by atoms with Crippen LogP contribution < -0.4 is 10.6 Å². The Morgan fingerprint density at radius 3 is 2.49 bits per heavy atom. The zero-order valence-electron chi connectivity index (χ0n) is 21.0. The zero-order valence-corrected chi connectivity index (χ0v) is 21.0. The molecule has 1 atom stereocenters. The standard InChI is InChI=1S/C28H39N5O2/c1-21(2)31-13-11-22(12-14-31)16-32-17-24(20-35-19-23-7-4-3-5-8-23)18-33(28(32)34)26-10-6-9-25(15-26)27(29)30/h3-10,15,21-22,24H,11-14,16-20H2,1-2H3,(H3,29,30). The van der Waals surface area contributed by atoms with Crippen molar-refractivity contribution in [2.24, 2.45) is 17.6 Å². The number of nitrogens with zero attached hydrogens (tertiary/aromatic N) is 3. The number of likely N-dealkylation sites (tertiary alicyclic amines) is 1. The van der Waals surface area contributed by atoms with Gasteiger partial charge in [-0.3, -0.25) is 10.3 Å². The van der Waals surface area contributed by atoms with E-state index in [1.807, 2.05) is 46.2 Å². The average molecular weight is 478 g/mol. The summed E-state index contributed by atoms with van der Waals surface area (Å²) in [6.07, 6.45) is 2.24. The first-order valence-electron chi connectivity index (χ1n) is 12.8. The summed E-state index contributed by atoms with van der Waals surface area (Å²) in [5.74, 6) is 0.726. The number of hydrogen-bond donors (Lipinski definition) is 2. The Bertz CT molecular complexity index is 988. The molecule has 1 unspecified atom stereocenters. The number of urea groups is 1. The van der Waals surface area contributed by atoms with Crippen LogP contribution in [0, 0.1) is 17.2 Å². The smallest absolute Gasteiger partial charge is 0.324 e. The molecule has 0 aliphatic carbocycles. The number of nitrogens with one attached hydrogen (secondary N) is 1. The normalized spacial score (nSPS) is 20.0. The number of piperidine rings is 1. The van der Waals surface area contributed by atoms with Crippen molar-refractivity contribution >= 4 is 17.6 Å². The van der Waals surface area contributed by atoms with Gasteiger partial charge >= 0.3 is 6.03 Å². The van der Waals surface area contributed by atoms with Gasteiger partial charge in [-0.2, -0.15) is 0 Å². The van der Waals surface area contributed by atoms with E-state index in [1.165, 1.54) is 0 Å². The summed E-state index contributed by atoms with van der Waals surface area (Å²) < 4.78 is 6.09. The number of carbonyl (C=O) groups excluding carboxylic acids is 1. The van der Waals surface area contributed by atoms with E-state index in [0.717, 1.165) is 43.7 Å². The molecule has 188 valence electrons. The van der Waals surface area contributed by atoms with Crippen LogP contribution in [0.15, 0.2) is 54.6 Å². The highest BCUT2D eigenvalue weighted by molar-refractivity contribution is 5.98. The molecule has 2 aliphatic heterocycles. The van der Waals surface area contributed by atoms with Crippen LogP contribution in [0.25, 0.3) is 0 Å². The van der Waals surface area contributed by atoms with Gasteiger partial charge in [0.25, 0.3) is 0 Å². The maximum atomic E-state index is 13.6. The predicted octanol–water partition coefficient (Wildman–Crippen LogP) is 4.17. The van der Waals surface area contributed by atoms with E-state index in [9.17, 15) is 4.79 Å². The number of anilines is 1. The molecular formula is C28H39N5O2. The number of carbonyl (C=O) groups is 1. The zero-order chi connectivity index (χ0) is 24.8. The SMILES string of the molecule is CC(C)N1CCC(CN2CC(COCc3ccccc3)CN(c3cccc(C(=N)N)c3)C2=O)CC1. The molecule has 2 heterocycles. The lowest BCUT2D eigenvalue weighted by Crippen LogP contribution is -2.56. The molecule has 0 bridgehead atoms. The Kier molecular flexibility index (Phi) is 8.42. The van der Waals surface area contributed by atoms with Crippen molar-refractivity contribution in [3.63, 3.8) is 0 Å². The highest BCUT2D eigenvalue weighted by Crippen LogP contribution is 2.27. The van der Waals surface area contributed by atoms with E-state index < -0.39 is 0 Å². The van der Waals surface area contributed by atoms with Crippen molar-refractivity contribution in [3.8, 4) is 0 Å². The minimum Gasteiger partial charge on any atom is -0.384 e. The molecule has 2 aromatic carbocycles. The molecule has 2 aromatic rings. The third-order valence-electron chi connectivity index (χ3n) is 7.21. The molecule has 2 aliphatic rings. The van der Waals surface area contributed by atoms with Gasteiger partial charge in [0.2, 0.25) is 0 Å². The summed E-state index contributed by atoms with van der Waals surface area (Å²) >= 11 is 0. The van der Waals surface area contributed by atoms with Crippen LogP contribution in [0.1, 0.15) is 37.8 Å². The van der Waals surface area contributed by atoms with Crippen molar-refractivity contribution in [1.29, 1.82) is 5.41 Å². The Morgan fingerprint density at radius 1 is 1.06 bits per heavy atom. The van der Waals surface area contributed by atoms with Crippen LogP contribution in [0.2, 0.25) is 0 Å². The summed E-state index contributed by atoms with van der Waals surface area (Å²) in [6.45, 7) is 9.94. The van der Waals surface area contributed by atoms with Crippen LogP contribution in [0.4, 0.5) is 10.5 Å². The molecule has 4 rings (SSSR count). The number of hydrogen-bond acceptors (Lipinski definition) is 4. The third-order valence-corrected chi connectivity index (χ3v) is 7.21. The van der Waals surface area contributed by atoms with Crippen molar-refractivity contribution in [1.82, 2.24) is 9.80 Å². The molecule has 0 spiro atoms. The molecule has 0 saturated carbocycles. The molecule has 2 saturated heterocycles. The third kappa shape index (κ3) is 6.61. The molecule has 0 aromatic heterocycles. The van der Waals surface area contributed by atoms with E-state index in [-0.39, 0.29) is 17.8 Å². The highest BCUT2D eigenvalue weighted by atomic mass is 16.5. The summed E-state index contributed by atoms with van der Waals surface area (Å²) in [7, 11) is 0. The van der Waals surface area contributed by atoms with Crippen LogP contribution in [0.5, 0.6) is 0 Å². The number of amidine groups is 1. The Morgan fingerprint density at radius 2 is 1.80 bits per heavy atom. The molecule has 7 nitrogen and oxygen atoms in total. The quantitative estimate of drug-likeness (QED) is 0.419. The Labute approximate surface area is 209 Å². The minimum absolute atomic E-state index is 0.00724. The summed E-state index contributed by atoms with van der Waals surface area (Å²) in [6, 6.07) is 18.2. The fraction of sp³-hybridized carbons (Fsp3) is 0.500. The first-order chi connectivity index (χ1) is 16.9. The van der Waals surface area contributed by atoms with Gasteiger partial charge in [-0.25, -0.2) is 4.79 Å². The summed E-state index contributed by atoms with van der Waals surface area (Å²) in [5, 5.41) is 7.80. The lowest BCUT2D eigenvalue weighted by molar-refractivity contribution is 0.0633. The molecular weight excluding hydrogens is 438 g/mol. The number of rotatable bonds is 9. The lowest BCUT2D eigenvalue weighted by Gasteiger charge is -2.43. The van der Waals surface area contributed by atoms with Crippen molar-refractivity contribution in [2.75, 3.05) is 44.2 Å². The molecule has 3 N–H and O–H groups in total. The second-order valence-electron chi connectivity index (χ2n) is 10.2. The van der Waals surface area contributed by atoms with E-state index in [0.29, 0.717) is 43.8 Å². The monoisotopic (exact) mass is 477 g/mol. The number of amides is 2. The fourth-order valence-electron chi connectivity index (χ4n) is 5.15. The van der Waals surface area contributed by atoms with E-state index in [4.69, 9.17) is 15.9 Å². The van der Waals surface area contributed by atoms with Crippen LogP contribution in [-0.2, 0) is 11.3 Å². The Balaban J connectivity index is 1.45. The van der Waals surface area contributed by atoms with E-state index in [1.54, 1.807) is 6.07 Å². The van der Waals surface area contributed by atoms with Crippen LogP contribution >= 0.6 is 0 Å². The van der Waals surface area contributed by atoms with Gasteiger partial charge in [0.05, 0.1) is 13.2 Å². The van der Waals surface area contributed by atoms with Crippen LogP contribution in [0.3, 0.4) is 0 Å². The van der Waals surface area contributed by atoms with Gasteiger partial charge in [0.1, 0.15) is 5.84 Å². The molecule has 2 fully saturated rings. The van der Waals surface area contributed by atoms with E-state index in [2.05, 4.69) is 30.9 Å². The van der Waals surface area contributed by atoms with Gasteiger partial charge in [0.15, 0.2) is 0 Å². The molecule has 0 radical (unpaired) electrons.